The average Bonchev–Trinajstić information content (AvgIpc) is 2.64. The van der Waals surface area contributed by atoms with Gasteiger partial charge in [0.1, 0.15) is 0 Å². The van der Waals surface area contributed by atoms with E-state index in [-0.39, 0.29) is 16.5 Å². The summed E-state index contributed by atoms with van der Waals surface area (Å²) in [6, 6.07) is 7.01. The molecule has 7 nitrogen and oxygen atoms in total. The maximum Gasteiger partial charge on any atom is 0.269 e. The lowest BCUT2D eigenvalue weighted by molar-refractivity contribution is -0.384. The lowest BCUT2D eigenvalue weighted by Gasteiger charge is -2.36. The number of rotatable bonds is 5. The molecule has 2 aliphatic rings. The molecule has 1 amide bonds. The first-order chi connectivity index (χ1) is 12.5. The number of hydrogen-bond donors (Lipinski definition) is 1. The first-order valence-corrected chi connectivity index (χ1v) is 9.54. The molecule has 7 heteroatoms. The Bertz CT molecular complexity index is 626. The van der Waals surface area contributed by atoms with Gasteiger partial charge in [0.2, 0.25) is 5.91 Å². The number of nitrogens with zero attached hydrogens (tertiary/aromatic N) is 3. The number of anilines is 1. The summed E-state index contributed by atoms with van der Waals surface area (Å²) in [5.41, 5.74) is 1.11. The molecule has 1 saturated heterocycles. The van der Waals surface area contributed by atoms with Gasteiger partial charge >= 0.3 is 0 Å². The first kappa shape index (κ1) is 18.6. The van der Waals surface area contributed by atoms with E-state index in [0.29, 0.717) is 18.5 Å². The number of hydrogen-bond acceptors (Lipinski definition) is 5. The van der Waals surface area contributed by atoms with Gasteiger partial charge in [-0.25, -0.2) is 0 Å². The van der Waals surface area contributed by atoms with E-state index < -0.39 is 0 Å². The van der Waals surface area contributed by atoms with E-state index in [1.54, 1.807) is 24.3 Å². The molecule has 3 rings (SSSR count). The van der Waals surface area contributed by atoms with Crippen LogP contribution in [0.2, 0.25) is 0 Å². The Balaban J connectivity index is 1.44. The summed E-state index contributed by atoms with van der Waals surface area (Å²) in [6.45, 7) is 5.98. The minimum atomic E-state index is -0.381. The average molecular weight is 360 g/mol. The van der Waals surface area contributed by atoms with Crippen molar-refractivity contribution >= 4 is 17.3 Å². The van der Waals surface area contributed by atoms with Crippen LogP contribution >= 0.6 is 0 Å². The number of nitro groups is 1. The Morgan fingerprint density at radius 1 is 1.15 bits per heavy atom. The highest BCUT2D eigenvalue weighted by Crippen LogP contribution is 2.24. The maximum atomic E-state index is 12.3. The standard InChI is InChI=1S/C19H28N4O3/c1-15-4-2-3-5-18(15)20-19(24)14-21-10-12-22(13-11-21)16-6-8-17(9-7-16)23(25)26/h6-9,15,18H,2-5,10-14H2,1H3,(H,20,24). The third-order valence-electron chi connectivity index (χ3n) is 5.62. The molecule has 1 saturated carbocycles. The van der Waals surface area contributed by atoms with Crippen LogP contribution in [0.25, 0.3) is 0 Å². The highest BCUT2D eigenvalue weighted by molar-refractivity contribution is 5.78. The molecule has 1 aliphatic carbocycles. The fourth-order valence-corrected chi connectivity index (χ4v) is 3.94. The van der Waals surface area contributed by atoms with Crippen molar-refractivity contribution in [2.75, 3.05) is 37.6 Å². The van der Waals surface area contributed by atoms with Gasteiger partial charge in [-0.3, -0.25) is 19.8 Å². The Kier molecular flexibility index (Phi) is 6.08. The van der Waals surface area contributed by atoms with Crippen molar-refractivity contribution in [2.45, 2.75) is 38.6 Å². The molecule has 2 unspecified atom stereocenters. The molecule has 0 aromatic heterocycles. The summed E-state index contributed by atoms with van der Waals surface area (Å²) >= 11 is 0. The van der Waals surface area contributed by atoms with Gasteiger partial charge in [0.15, 0.2) is 0 Å². The van der Waals surface area contributed by atoms with Gasteiger partial charge < -0.3 is 10.2 Å². The predicted octanol–water partition coefficient (Wildman–Crippen LogP) is 2.41. The van der Waals surface area contributed by atoms with Crippen LogP contribution in [0.3, 0.4) is 0 Å². The van der Waals surface area contributed by atoms with Crippen LogP contribution in [0.4, 0.5) is 11.4 Å². The zero-order chi connectivity index (χ0) is 18.5. The molecule has 0 bridgehead atoms. The van der Waals surface area contributed by atoms with E-state index in [4.69, 9.17) is 0 Å². The summed E-state index contributed by atoms with van der Waals surface area (Å²) in [6.07, 6.45) is 4.79. The Morgan fingerprint density at radius 2 is 1.81 bits per heavy atom. The number of piperazine rings is 1. The summed E-state index contributed by atoms with van der Waals surface area (Å²) in [7, 11) is 0. The highest BCUT2D eigenvalue weighted by atomic mass is 16.6. The fraction of sp³-hybridized carbons (Fsp3) is 0.632. The van der Waals surface area contributed by atoms with Crippen molar-refractivity contribution in [1.29, 1.82) is 0 Å². The zero-order valence-corrected chi connectivity index (χ0v) is 15.4. The molecule has 1 aromatic rings. The Labute approximate surface area is 154 Å². The first-order valence-electron chi connectivity index (χ1n) is 9.54. The quantitative estimate of drug-likeness (QED) is 0.644. The summed E-state index contributed by atoms with van der Waals surface area (Å²) in [5, 5.41) is 14.0. The van der Waals surface area contributed by atoms with Gasteiger partial charge in [-0.15, -0.1) is 0 Å². The highest BCUT2D eigenvalue weighted by Gasteiger charge is 2.25. The van der Waals surface area contributed by atoms with Crippen LogP contribution in [0.5, 0.6) is 0 Å². The molecule has 1 N–H and O–H groups in total. The molecule has 1 aliphatic heterocycles. The number of amides is 1. The van der Waals surface area contributed by atoms with Gasteiger partial charge in [-0.05, 0) is 30.9 Å². The number of carbonyl (C=O) groups is 1. The topological polar surface area (TPSA) is 78.7 Å². The second-order valence-corrected chi connectivity index (χ2v) is 7.47. The molecule has 0 radical (unpaired) electrons. The second kappa shape index (κ2) is 8.49. The number of nitrogens with one attached hydrogen (secondary N) is 1. The third-order valence-corrected chi connectivity index (χ3v) is 5.62. The van der Waals surface area contributed by atoms with E-state index in [0.717, 1.165) is 38.3 Å². The smallest absolute Gasteiger partial charge is 0.269 e. The van der Waals surface area contributed by atoms with Crippen LogP contribution in [0.1, 0.15) is 32.6 Å². The van der Waals surface area contributed by atoms with Crippen molar-refractivity contribution in [3.8, 4) is 0 Å². The van der Waals surface area contributed by atoms with Crippen LogP contribution in [0, 0.1) is 16.0 Å². The molecule has 142 valence electrons. The van der Waals surface area contributed by atoms with Crippen LogP contribution in [-0.4, -0.2) is 54.5 Å². The molecular formula is C19H28N4O3. The van der Waals surface area contributed by atoms with Crippen molar-refractivity contribution in [1.82, 2.24) is 10.2 Å². The van der Waals surface area contributed by atoms with Gasteiger partial charge in [0.05, 0.1) is 11.5 Å². The van der Waals surface area contributed by atoms with E-state index in [2.05, 4.69) is 22.0 Å². The third kappa shape index (κ3) is 4.72. The van der Waals surface area contributed by atoms with Gasteiger partial charge in [0, 0.05) is 50.0 Å². The fourth-order valence-electron chi connectivity index (χ4n) is 3.94. The van der Waals surface area contributed by atoms with Gasteiger partial charge in [-0.2, -0.15) is 0 Å². The van der Waals surface area contributed by atoms with Crippen LogP contribution in [0.15, 0.2) is 24.3 Å². The lowest BCUT2D eigenvalue weighted by atomic mass is 9.86. The van der Waals surface area contributed by atoms with Crippen LogP contribution < -0.4 is 10.2 Å². The Hall–Kier alpha value is -2.15. The van der Waals surface area contributed by atoms with Crippen molar-refractivity contribution in [3.05, 3.63) is 34.4 Å². The number of nitro benzene ring substituents is 1. The normalized spacial score (nSPS) is 24.3. The van der Waals surface area contributed by atoms with E-state index >= 15 is 0 Å². The second-order valence-electron chi connectivity index (χ2n) is 7.47. The summed E-state index contributed by atoms with van der Waals surface area (Å²) < 4.78 is 0. The summed E-state index contributed by atoms with van der Waals surface area (Å²) in [5.74, 6) is 0.708. The number of benzene rings is 1. The minimum Gasteiger partial charge on any atom is -0.369 e. The van der Waals surface area contributed by atoms with Crippen molar-refractivity contribution < 1.29 is 9.72 Å². The minimum absolute atomic E-state index is 0.112. The SMILES string of the molecule is CC1CCCCC1NC(=O)CN1CCN(c2ccc([N+](=O)[O-])cc2)CC1. The maximum absolute atomic E-state index is 12.3. The molecule has 2 atom stereocenters. The van der Waals surface area contributed by atoms with Crippen molar-refractivity contribution in [3.63, 3.8) is 0 Å². The molecular weight excluding hydrogens is 332 g/mol. The predicted molar refractivity (Wildman–Crippen MR) is 101 cm³/mol. The zero-order valence-electron chi connectivity index (χ0n) is 15.4. The lowest BCUT2D eigenvalue weighted by Crippen LogP contribution is -2.51. The van der Waals surface area contributed by atoms with Gasteiger partial charge in [-0.1, -0.05) is 19.8 Å². The molecule has 1 heterocycles. The Morgan fingerprint density at radius 3 is 2.42 bits per heavy atom. The van der Waals surface area contributed by atoms with Crippen LogP contribution in [-0.2, 0) is 4.79 Å². The summed E-state index contributed by atoms with van der Waals surface area (Å²) in [4.78, 5) is 27.1. The van der Waals surface area contributed by atoms with E-state index in [1.807, 2.05) is 0 Å². The molecule has 0 spiro atoms. The molecule has 1 aromatic carbocycles. The molecule has 2 fully saturated rings. The van der Waals surface area contributed by atoms with Gasteiger partial charge in [0.25, 0.3) is 5.69 Å². The number of carbonyl (C=O) groups excluding carboxylic acids is 1. The van der Waals surface area contributed by atoms with E-state index in [1.165, 1.54) is 19.3 Å². The largest absolute Gasteiger partial charge is 0.369 e. The van der Waals surface area contributed by atoms with E-state index in [9.17, 15) is 14.9 Å². The number of non-ortho nitro benzene ring substituents is 1. The molecule has 26 heavy (non-hydrogen) atoms. The monoisotopic (exact) mass is 360 g/mol. The van der Waals surface area contributed by atoms with Crippen molar-refractivity contribution in [2.24, 2.45) is 5.92 Å².